The second-order valence-corrected chi connectivity index (χ2v) is 10.7. The summed E-state index contributed by atoms with van der Waals surface area (Å²) in [5.41, 5.74) is 2.56. The summed E-state index contributed by atoms with van der Waals surface area (Å²) >= 11 is 5.55. The predicted molar refractivity (Wildman–Crippen MR) is 171 cm³/mol. The number of ether oxygens (including phenoxy) is 1. The predicted octanol–water partition coefficient (Wildman–Crippen LogP) is 8.14. The molecule has 232 valence electrons. The average molecular weight is 633 g/mol. The van der Waals surface area contributed by atoms with Gasteiger partial charge in [0.2, 0.25) is 11.2 Å². The number of nitrogens with zero attached hydrogens (tertiary/aromatic N) is 4. The van der Waals surface area contributed by atoms with Crippen LogP contribution in [0, 0.1) is 11.6 Å². The minimum absolute atomic E-state index is 0.00910. The summed E-state index contributed by atoms with van der Waals surface area (Å²) in [6.07, 6.45) is 1.67. The standard InChI is InChI=1S/C22H24FN5O2.C10H7ClFN3/c1-22(2,3)30-21(29)25-13-15-9-11-17(12-10-15)27-20-24-14-18(23)19(28-20)26-16-7-5-4-6-8-16;11-10-13-6-8(12)9(15-10)14-7-4-2-1-3-5-7/h4-12,14H,13H2,1-3H3,(H,25,29)(H2,24,26,27,28);1-6H,(H,13,14,15). The van der Waals surface area contributed by atoms with Crippen LogP contribution in [0.1, 0.15) is 26.3 Å². The summed E-state index contributed by atoms with van der Waals surface area (Å²) in [5, 5.41) is 11.5. The number of amides is 1. The molecular formula is C32H31ClF2N8O2. The fraction of sp³-hybridized carbons (Fsp3) is 0.156. The quantitative estimate of drug-likeness (QED) is 0.125. The van der Waals surface area contributed by atoms with Crippen molar-refractivity contribution < 1.29 is 18.3 Å². The van der Waals surface area contributed by atoms with E-state index < -0.39 is 23.3 Å². The molecule has 0 aliphatic carbocycles. The lowest BCUT2D eigenvalue weighted by Gasteiger charge is -2.19. The maximum atomic E-state index is 14.0. The summed E-state index contributed by atoms with van der Waals surface area (Å²) in [4.78, 5) is 27.2. The number of benzene rings is 3. The maximum Gasteiger partial charge on any atom is 0.407 e. The minimum Gasteiger partial charge on any atom is -0.444 e. The molecule has 2 aromatic heterocycles. The molecule has 0 fully saturated rings. The lowest BCUT2D eigenvalue weighted by atomic mass is 10.2. The topological polar surface area (TPSA) is 126 Å². The van der Waals surface area contributed by atoms with Crippen LogP contribution in [0.5, 0.6) is 0 Å². The van der Waals surface area contributed by atoms with Crippen molar-refractivity contribution >= 4 is 52.3 Å². The Hall–Kier alpha value is -5.36. The van der Waals surface area contributed by atoms with Gasteiger partial charge in [-0.2, -0.15) is 9.97 Å². The number of alkyl carbamates (subject to hydrolysis) is 1. The number of carbonyl (C=O) groups excluding carboxylic acids is 1. The van der Waals surface area contributed by atoms with Gasteiger partial charge in [0.25, 0.3) is 0 Å². The number of rotatable bonds is 8. The number of anilines is 6. The number of carbonyl (C=O) groups is 1. The monoisotopic (exact) mass is 632 g/mol. The van der Waals surface area contributed by atoms with E-state index in [1.807, 2.05) is 93.6 Å². The van der Waals surface area contributed by atoms with Gasteiger partial charge in [0.1, 0.15) is 5.60 Å². The van der Waals surface area contributed by atoms with Gasteiger partial charge in [-0.25, -0.2) is 23.5 Å². The van der Waals surface area contributed by atoms with Crippen molar-refractivity contribution in [1.29, 1.82) is 0 Å². The molecular weight excluding hydrogens is 602 g/mol. The molecule has 0 saturated heterocycles. The Morgan fingerprint density at radius 1 is 0.733 bits per heavy atom. The highest BCUT2D eigenvalue weighted by Gasteiger charge is 2.15. The van der Waals surface area contributed by atoms with Crippen LogP contribution in [-0.4, -0.2) is 31.6 Å². The molecule has 5 rings (SSSR count). The number of halogens is 3. The molecule has 0 radical (unpaired) electrons. The van der Waals surface area contributed by atoms with Crippen molar-refractivity contribution in [2.45, 2.75) is 32.9 Å². The highest BCUT2D eigenvalue weighted by Crippen LogP contribution is 2.21. The Morgan fingerprint density at radius 3 is 1.80 bits per heavy atom. The van der Waals surface area contributed by atoms with Crippen LogP contribution in [0.4, 0.5) is 48.2 Å². The van der Waals surface area contributed by atoms with E-state index in [0.717, 1.165) is 35.0 Å². The molecule has 0 bridgehead atoms. The first-order valence-electron chi connectivity index (χ1n) is 13.7. The van der Waals surface area contributed by atoms with Gasteiger partial charge >= 0.3 is 6.09 Å². The van der Waals surface area contributed by atoms with E-state index in [0.29, 0.717) is 6.54 Å². The van der Waals surface area contributed by atoms with E-state index in [1.54, 1.807) is 12.1 Å². The molecule has 0 saturated carbocycles. The summed E-state index contributed by atoms with van der Waals surface area (Å²) in [6, 6.07) is 25.7. The Kier molecular flexibility index (Phi) is 11.1. The Morgan fingerprint density at radius 2 is 1.24 bits per heavy atom. The van der Waals surface area contributed by atoms with E-state index in [4.69, 9.17) is 16.3 Å². The third-order valence-corrected chi connectivity index (χ3v) is 5.76. The van der Waals surface area contributed by atoms with Crippen molar-refractivity contribution in [2.75, 3.05) is 16.0 Å². The second-order valence-electron chi connectivity index (χ2n) is 10.4. The van der Waals surface area contributed by atoms with Gasteiger partial charge in [0, 0.05) is 23.6 Å². The fourth-order valence-corrected chi connectivity index (χ4v) is 3.72. The normalized spacial score (nSPS) is 10.6. The summed E-state index contributed by atoms with van der Waals surface area (Å²) in [5.74, 6) is -0.677. The van der Waals surface area contributed by atoms with Crippen LogP contribution >= 0.6 is 11.6 Å². The van der Waals surface area contributed by atoms with Gasteiger partial charge in [0.15, 0.2) is 23.3 Å². The van der Waals surface area contributed by atoms with Gasteiger partial charge in [-0.15, -0.1) is 0 Å². The number of nitrogens with one attached hydrogen (secondary N) is 4. The molecule has 5 aromatic rings. The highest BCUT2D eigenvalue weighted by molar-refractivity contribution is 6.28. The van der Waals surface area contributed by atoms with Crippen LogP contribution < -0.4 is 21.3 Å². The summed E-state index contributed by atoms with van der Waals surface area (Å²) in [6.45, 7) is 5.77. The van der Waals surface area contributed by atoms with Crippen molar-refractivity contribution in [3.8, 4) is 0 Å². The highest BCUT2D eigenvalue weighted by atomic mass is 35.5. The molecule has 0 aliphatic rings. The average Bonchev–Trinajstić information content (AvgIpc) is 3.01. The molecule has 13 heteroatoms. The van der Waals surface area contributed by atoms with Gasteiger partial charge < -0.3 is 26.0 Å². The number of para-hydroxylation sites is 2. The van der Waals surface area contributed by atoms with Crippen molar-refractivity contribution in [2.24, 2.45) is 0 Å². The van der Waals surface area contributed by atoms with Crippen molar-refractivity contribution in [1.82, 2.24) is 25.3 Å². The maximum absolute atomic E-state index is 14.0. The van der Waals surface area contributed by atoms with Crippen LogP contribution in [0.2, 0.25) is 5.28 Å². The van der Waals surface area contributed by atoms with Gasteiger partial charge in [-0.05, 0) is 74.3 Å². The van der Waals surface area contributed by atoms with Gasteiger partial charge in [-0.1, -0.05) is 48.5 Å². The van der Waals surface area contributed by atoms with Gasteiger partial charge in [0.05, 0.1) is 12.4 Å². The van der Waals surface area contributed by atoms with Crippen molar-refractivity contribution in [3.63, 3.8) is 0 Å². The first-order valence-corrected chi connectivity index (χ1v) is 14.1. The van der Waals surface area contributed by atoms with E-state index in [-0.39, 0.29) is 22.9 Å². The molecule has 10 nitrogen and oxygen atoms in total. The fourth-order valence-electron chi connectivity index (χ4n) is 3.59. The molecule has 3 aromatic carbocycles. The van der Waals surface area contributed by atoms with Crippen LogP contribution in [-0.2, 0) is 11.3 Å². The third-order valence-electron chi connectivity index (χ3n) is 5.58. The summed E-state index contributed by atoms with van der Waals surface area (Å²) < 4.78 is 32.5. The Labute approximate surface area is 264 Å². The molecule has 45 heavy (non-hydrogen) atoms. The van der Waals surface area contributed by atoms with E-state index in [9.17, 15) is 13.6 Å². The number of hydrogen-bond acceptors (Lipinski definition) is 9. The lowest BCUT2D eigenvalue weighted by molar-refractivity contribution is 0.0523. The largest absolute Gasteiger partial charge is 0.444 e. The molecule has 2 heterocycles. The molecule has 4 N–H and O–H groups in total. The first kappa shape index (κ1) is 32.6. The van der Waals surface area contributed by atoms with Crippen LogP contribution in [0.3, 0.4) is 0 Å². The lowest BCUT2D eigenvalue weighted by Crippen LogP contribution is -2.32. The van der Waals surface area contributed by atoms with Gasteiger partial charge in [-0.3, -0.25) is 0 Å². The SMILES string of the molecule is CC(C)(C)OC(=O)NCc1ccc(Nc2ncc(F)c(Nc3ccccc3)n2)cc1.Fc1cnc(Cl)nc1Nc1ccccc1. The number of hydrogen-bond donors (Lipinski definition) is 4. The Bertz CT molecular complexity index is 1690. The third kappa shape index (κ3) is 11.0. The summed E-state index contributed by atoms with van der Waals surface area (Å²) in [7, 11) is 0. The minimum atomic E-state index is -0.548. The second kappa shape index (κ2) is 15.4. The zero-order valence-corrected chi connectivity index (χ0v) is 25.4. The molecule has 0 unspecified atom stereocenters. The molecule has 0 aliphatic heterocycles. The van der Waals surface area contributed by atoms with E-state index in [2.05, 4.69) is 41.2 Å². The number of aromatic nitrogens is 4. The zero-order valence-electron chi connectivity index (χ0n) is 24.7. The molecule has 0 spiro atoms. The smallest absolute Gasteiger partial charge is 0.407 e. The Balaban J connectivity index is 0.000000256. The van der Waals surface area contributed by atoms with E-state index in [1.165, 1.54) is 0 Å². The molecule has 1 amide bonds. The molecule has 0 atom stereocenters. The zero-order chi connectivity index (χ0) is 32.2. The van der Waals surface area contributed by atoms with Crippen molar-refractivity contribution in [3.05, 3.63) is 120 Å². The van der Waals surface area contributed by atoms with E-state index >= 15 is 0 Å². The first-order chi connectivity index (χ1) is 21.5. The van der Waals surface area contributed by atoms with Crippen LogP contribution in [0.15, 0.2) is 97.3 Å². The van der Waals surface area contributed by atoms with Crippen LogP contribution in [0.25, 0.3) is 0 Å².